The van der Waals surface area contributed by atoms with Crippen molar-refractivity contribution in [1.29, 1.82) is 0 Å². The van der Waals surface area contributed by atoms with E-state index in [2.05, 4.69) is 25.2 Å². The Morgan fingerprint density at radius 3 is 2.85 bits per heavy atom. The van der Waals surface area contributed by atoms with Crippen molar-refractivity contribution in [3.05, 3.63) is 23.2 Å². The van der Waals surface area contributed by atoms with Gasteiger partial charge >= 0.3 is 0 Å². The molecule has 1 fully saturated rings. The van der Waals surface area contributed by atoms with Crippen molar-refractivity contribution in [3.63, 3.8) is 0 Å². The lowest BCUT2D eigenvalue weighted by atomic mass is 9.83. The highest BCUT2D eigenvalue weighted by Crippen LogP contribution is 2.29. The minimum Gasteiger partial charge on any atom is -0.464 e. The summed E-state index contributed by atoms with van der Waals surface area (Å²) < 4.78 is 11.5. The monoisotopic (exact) mass is 279 g/mol. The van der Waals surface area contributed by atoms with Gasteiger partial charge < -0.3 is 14.5 Å². The molecule has 0 atom stereocenters. The molecule has 3 nitrogen and oxygen atoms in total. The van der Waals surface area contributed by atoms with Gasteiger partial charge in [-0.3, -0.25) is 0 Å². The van der Waals surface area contributed by atoms with Crippen LogP contribution in [0.4, 0.5) is 0 Å². The molecule has 0 amide bonds. The Bertz CT molecular complexity index is 394. The van der Waals surface area contributed by atoms with Crippen LogP contribution in [-0.2, 0) is 17.9 Å². The van der Waals surface area contributed by atoms with Gasteiger partial charge in [0.1, 0.15) is 18.1 Å². The van der Waals surface area contributed by atoms with Gasteiger partial charge in [-0.15, -0.1) is 0 Å². The molecule has 0 unspecified atom stereocenters. The molecule has 1 aromatic heterocycles. The third-order valence-corrected chi connectivity index (χ3v) is 4.08. The Labute approximate surface area is 123 Å². The third kappa shape index (κ3) is 4.95. The molecule has 3 heteroatoms. The van der Waals surface area contributed by atoms with Gasteiger partial charge in [0.05, 0.1) is 0 Å². The molecular formula is C17H29NO2. The summed E-state index contributed by atoms with van der Waals surface area (Å²) >= 11 is 0. The molecule has 0 radical (unpaired) electrons. The van der Waals surface area contributed by atoms with E-state index in [1.807, 2.05) is 6.92 Å². The van der Waals surface area contributed by atoms with Crippen LogP contribution in [0.5, 0.6) is 0 Å². The van der Waals surface area contributed by atoms with E-state index in [0.717, 1.165) is 37.1 Å². The molecule has 114 valence electrons. The number of rotatable bonds is 9. The van der Waals surface area contributed by atoms with E-state index < -0.39 is 0 Å². The van der Waals surface area contributed by atoms with Crippen LogP contribution in [-0.4, -0.2) is 13.2 Å². The van der Waals surface area contributed by atoms with Crippen LogP contribution in [0.15, 0.2) is 10.5 Å². The van der Waals surface area contributed by atoms with Gasteiger partial charge in [-0.1, -0.05) is 33.1 Å². The third-order valence-electron chi connectivity index (χ3n) is 4.08. The number of ether oxygens (including phenoxy) is 1. The molecule has 1 N–H and O–H groups in total. The van der Waals surface area contributed by atoms with Crippen molar-refractivity contribution in [2.45, 2.75) is 59.6 Å². The van der Waals surface area contributed by atoms with Crippen molar-refractivity contribution in [2.24, 2.45) is 11.8 Å². The molecule has 0 aliphatic heterocycles. The minimum absolute atomic E-state index is 0.609. The first-order valence-corrected chi connectivity index (χ1v) is 8.01. The van der Waals surface area contributed by atoms with E-state index in [1.54, 1.807) is 0 Å². The van der Waals surface area contributed by atoms with Gasteiger partial charge in [0, 0.05) is 18.7 Å². The first-order chi connectivity index (χ1) is 9.65. The molecule has 0 bridgehead atoms. The zero-order chi connectivity index (χ0) is 14.4. The highest BCUT2D eigenvalue weighted by atomic mass is 16.5. The highest BCUT2D eigenvalue weighted by molar-refractivity contribution is 5.20. The van der Waals surface area contributed by atoms with Crippen LogP contribution >= 0.6 is 0 Å². The van der Waals surface area contributed by atoms with Crippen molar-refractivity contribution < 1.29 is 9.15 Å². The smallest absolute Gasteiger partial charge is 0.130 e. The lowest BCUT2D eigenvalue weighted by Crippen LogP contribution is -2.18. The maximum atomic E-state index is 5.75. The fourth-order valence-corrected chi connectivity index (χ4v) is 2.53. The average molecular weight is 279 g/mol. The Balaban J connectivity index is 1.66. The lowest BCUT2D eigenvalue weighted by molar-refractivity contribution is 0.0832. The molecule has 0 aromatic carbocycles. The fourth-order valence-electron chi connectivity index (χ4n) is 2.53. The maximum Gasteiger partial charge on any atom is 0.130 e. The van der Waals surface area contributed by atoms with E-state index in [1.165, 1.54) is 31.2 Å². The van der Waals surface area contributed by atoms with E-state index >= 15 is 0 Å². The molecular weight excluding hydrogens is 250 g/mol. The molecule has 1 aliphatic rings. The second-order valence-electron chi connectivity index (χ2n) is 6.46. The van der Waals surface area contributed by atoms with Crippen molar-refractivity contribution in [2.75, 3.05) is 13.2 Å². The van der Waals surface area contributed by atoms with Gasteiger partial charge in [0.15, 0.2) is 0 Å². The zero-order valence-electron chi connectivity index (χ0n) is 13.2. The SMILES string of the molecule is Cc1oc(COCCC2CCC2)cc1CNCC(C)C. The summed E-state index contributed by atoms with van der Waals surface area (Å²) in [6.07, 6.45) is 5.42. The first kappa shape index (κ1) is 15.6. The van der Waals surface area contributed by atoms with Gasteiger partial charge in [-0.05, 0) is 37.8 Å². The Morgan fingerprint density at radius 1 is 1.40 bits per heavy atom. The second-order valence-corrected chi connectivity index (χ2v) is 6.46. The van der Waals surface area contributed by atoms with E-state index in [4.69, 9.17) is 9.15 Å². The molecule has 1 saturated carbocycles. The topological polar surface area (TPSA) is 34.4 Å². The van der Waals surface area contributed by atoms with Crippen LogP contribution in [0.2, 0.25) is 0 Å². The summed E-state index contributed by atoms with van der Waals surface area (Å²) in [5.41, 5.74) is 1.25. The van der Waals surface area contributed by atoms with Crippen LogP contribution < -0.4 is 5.32 Å². The summed E-state index contributed by atoms with van der Waals surface area (Å²) in [6.45, 7) is 9.87. The van der Waals surface area contributed by atoms with Gasteiger partial charge in [0.2, 0.25) is 0 Å². The highest BCUT2D eigenvalue weighted by Gasteiger charge is 2.16. The summed E-state index contributed by atoms with van der Waals surface area (Å²) in [4.78, 5) is 0. The molecule has 2 rings (SSSR count). The zero-order valence-corrected chi connectivity index (χ0v) is 13.2. The largest absolute Gasteiger partial charge is 0.464 e. The van der Waals surface area contributed by atoms with E-state index in [-0.39, 0.29) is 0 Å². The quantitative estimate of drug-likeness (QED) is 0.693. The van der Waals surface area contributed by atoms with Crippen LogP contribution in [0.25, 0.3) is 0 Å². The maximum absolute atomic E-state index is 5.75. The minimum atomic E-state index is 0.609. The number of hydrogen-bond donors (Lipinski definition) is 1. The molecule has 0 saturated heterocycles. The summed E-state index contributed by atoms with van der Waals surface area (Å²) in [6, 6.07) is 2.13. The van der Waals surface area contributed by atoms with Gasteiger partial charge in [0.25, 0.3) is 0 Å². The van der Waals surface area contributed by atoms with Gasteiger partial charge in [-0.2, -0.15) is 0 Å². The molecule has 1 aliphatic carbocycles. The number of hydrogen-bond acceptors (Lipinski definition) is 3. The predicted octanol–water partition coefficient (Wildman–Crippen LogP) is 4.04. The summed E-state index contributed by atoms with van der Waals surface area (Å²) in [5, 5.41) is 3.45. The number of nitrogens with one attached hydrogen (secondary N) is 1. The average Bonchev–Trinajstić information content (AvgIpc) is 2.67. The molecule has 0 spiro atoms. The van der Waals surface area contributed by atoms with Crippen LogP contribution in [0, 0.1) is 18.8 Å². The summed E-state index contributed by atoms with van der Waals surface area (Å²) in [5.74, 6) is 3.57. The molecule has 1 aromatic rings. The van der Waals surface area contributed by atoms with Crippen molar-refractivity contribution in [1.82, 2.24) is 5.32 Å². The first-order valence-electron chi connectivity index (χ1n) is 8.01. The molecule has 20 heavy (non-hydrogen) atoms. The Hall–Kier alpha value is -0.800. The van der Waals surface area contributed by atoms with Crippen LogP contribution in [0.3, 0.4) is 0 Å². The second kappa shape index (κ2) is 7.84. The van der Waals surface area contributed by atoms with Gasteiger partial charge in [-0.25, -0.2) is 0 Å². The van der Waals surface area contributed by atoms with Crippen molar-refractivity contribution in [3.8, 4) is 0 Å². The summed E-state index contributed by atoms with van der Waals surface area (Å²) in [7, 11) is 0. The Kier molecular flexibility index (Phi) is 6.11. The fraction of sp³-hybridized carbons (Fsp3) is 0.765. The normalized spacial score (nSPS) is 15.8. The van der Waals surface area contributed by atoms with E-state index in [9.17, 15) is 0 Å². The predicted molar refractivity (Wildman–Crippen MR) is 81.6 cm³/mol. The standard InChI is InChI=1S/C17H29NO2/c1-13(2)10-18-11-16-9-17(20-14(16)3)12-19-8-7-15-5-4-6-15/h9,13,15,18H,4-8,10-12H2,1-3H3. The number of furan rings is 1. The lowest BCUT2D eigenvalue weighted by Gasteiger charge is -2.24. The molecule has 1 heterocycles. The number of aryl methyl sites for hydroxylation is 1. The van der Waals surface area contributed by atoms with Crippen molar-refractivity contribution >= 4 is 0 Å². The Morgan fingerprint density at radius 2 is 2.20 bits per heavy atom. The van der Waals surface area contributed by atoms with Crippen LogP contribution in [0.1, 0.15) is 56.6 Å². The van der Waals surface area contributed by atoms with E-state index in [0.29, 0.717) is 12.5 Å².